The monoisotopic (exact) mass is 546 g/mol. The van der Waals surface area contributed by atoms with Gasteiger partial charge in [-0.3, -0.25) is 4.79 Å². The molecule has 3 amide bonds. The molecule has 0 radical (unpaired) electrons. The highest BCUT2D eigenvalue weighted by Crippen LogP contribution is 2.28. The van der Waals surface area contributed by atoms with Crippen LogP contribution in [0.15, 0.2) is 18.2 Å². The summed E-state index contributed by atoms with van der Waals surface area (Å²) in [4.78, 5) is 30.7. The zero-order valence-corrected chi connectivity index (χ0v) is 24.6. The van der Waals surface area contributed by atoms with E-state index in [9.17, 15) is 14.7 Å². The van der Waals surface area contributed by atoms with Gasteiger partial charge in [0.15, 0.2) is 0 Å². The van der Waals surface area contributed by atoms with Gasteiger partial charge in [0.2, 0.25) is 0 Å². The van der Waals surface area contributed by atoms with Crippen LogP contribution < -0.4 is 15.4 Å². The molecule has 4 atom stereocenters. The molecule has 1 aliphatic heterocycles. The number of benzene rings is 1. The van der Waals surface area contributed by atoms with E-state index in [1.165, 1.54) is 6.42 Å². The predicted octanol–water partition coefficient (Wildman–Crippen LogP) is 4.50. The second kappa shape index (κ2) is 15.4. The fourth-order valence-corrected chi connectivity index (χ4v) is 5.42. The van der Waals surface area contributed by atoms with E-state index in [1.54, 1.807) is 23.1 Å². The Morgan fingerprint density at radius 1 is 1.13 bits per heavy atom. The Labute approximate surface area is 234 Å². The van der Waals surface area contributed by atoms with Crippen LogP contribution in [-0.2, 0) is 4.74 Å². The van der Waals surface area contributed by atoms with E-state index in [4.69, 9.17) is 9.47 Å². The van der Waals surface area contributed by atoms with Crippen LogP contribution in [0.2, 0.25) is 0 Å². The Morgan fingerprint density at radius 2 is 1.85 bits per heavy atom. The summed E-state index contributed by atoms with van der Waals surface area (Å²) in [5.74, 6) is 0.299. The number of likely N-dealkylation sites (N-methyl/N-ethyl adjacent to an activating group) is 1. The number of aliphatic hydroxyl groups excluding tert-OH is 1. The van der Waals surface area contributed by atoms with Crippen LogP contribution in [0.5, 0.6) is 5.75 Å². The zero-order valence-electron chi connectivity index (χ0n) is 24.6. The number of hydrogen-bond acceptors (Lipinski definition) is 6. The molecule has 39 heavy (non-hydrogen) atoms. The van der Waals surface area contributed by atoms with Gasteiger partial charge in [0.05, 0.1) is 30.4 Å². The number of aliphatic hydroxyl groups is 1. The van der Waals surface area contributed by atoms with E-state index in [0.717, 1.165) is 51.5 Å². The Kier molecular flexibility index (Phi) is 12.3. The molecule has 0 aromatic heterocycles. The van der Waals surface area contributed by atoms with Crippen molar-refractivity contribution in [1.82, 2.24) is 15.1 Å². The molecule has 3 N–H and O–H groups in total. The smallest absolute Gasteiger partial charge is 0.319 e. The lowest BCUT2D eigenvalue weighted by atomic mass is 9.96. The standard InChI is InChI=1S/C30H50N4O5/c1-21-18-34(22(2)20-35)29(36)26-17-25(32-30(37)31-24-12-7-6-8-13-24)14-15-27(26)39-23(3)11-9-10-16-38-28(21)19-33(4)5/h14-15,17,21-24,28,35H,6-13,16,18-20H2,1-5H3,(H2,31,32,37)/t21-,22-,23-,28-/m1/s1. The first-order valence-electron chi connectivity index (χ1n) is 14.7. The van der Waals surface area contributed by atoms with E-state index >= 15 is 0 Å². The number of anilines is 1. The molecule has 0 bridgehead atoms. The number of carbonyl (C=O) groups is 2. The van der Waals surface area contributed by atoms with Crippen LogP contribution in [0, 0.1) is 5.92 Å². The predicted molar refractivity (Wildman–Crippen MR) is 154 cm³/mol. The number of nitrogens with one attached hydrogen (secondary N) is 2. The SMILES string of the molecule is C[C@@H]1CCCCO[C@H](CN(C)C)[C@H](C)CN([C@H](C)CO)C(=O)c2cc(NC(=O)NC3CCCCC3)ccc2O1. The third-order valence-electron chi connectivity index (χ3n) is 7.79. The summed E-state index contributed by atoms with van der Waals surface area (Å²) >= 11 is 0. The molecule has 1 aliphatic carbocycles. The minimum atomic E-state index is -0.399. The first-order chi connectivity index (χ1) is 18.7. The van der Waals surface area contributed by atoms with E-state index in [0.29, 0.717) is 30.2 Å². The van der Waals surface area contributed by atoms with Crippen LogP contribution in [0.4, 0.5) is 10.5 Å². The Balaban J connectivity index is 1.90. The fourth-order valence-electron chi connectivity index (χ4n) is 5.42. The molecule has 1 aromatic carbocycles. The topological polar surface area (TPSA) is 103 Å². The van der Waals surface area contributed by atoms with Gasteiger partial charge in [-0.2, -0.15) is 0 Å². The minimum Gasteiger partial charge on any atom is -0.490 e. The van der Waals surface area contributed by atoms with Gasteiger partial charge in [-0.05, 0) is 78.2 Å². The lowest BCUT2D eigenvalue weighted by Gasteiger charge is -2.35. The van der Waals surface area contributed by atoms with Crippen LogP contribution >= 0.6 is 0 Å². The van der Waals surface area contributed by atoms with Crippen molar-refractivity contribution in [3.05, 3.63) is 23.8 Å². The fraction of sp³-hybridized carbons (Fsp3) is 0.733. The number of ether oxygens (including phenoxy) is 2. The van der Waals surface area contributed by atoms with Crippen molar-refractivity contribution in [3.8, 4) is 5.75 Å². The highest BCUT2D eigenvalue weighted by atomic mass is 16.5. The Bertz CT molecular complexity index is 921. The maximum Gasteiger partial charge on any atom is 0.319 e. The number of urea groups is 1. The summed E-state index contributed by atoms with van der Waals surface area (Å²) in [5, 5.41) is 16.1. The average Bonchev–Trinajstić information content (AvgIpc) is 2.90. The number of rotatable bonds is 6. The second-order valence-electron chi connectivity index (χ2n) is 11.7. The molecule has 1 heterocycles. The number of amides is 3. The van der Waals surface area contributed by atoms with Crippen molar-refractivity contribution >= 4 is 17.6 Å². The van der Waals surface area contributed by atoms with Gasteiger partial charge in [0.1, 0.15) is 5.75 Å². The number of nitrogens with zero attached hydrogens (tertiary/aromatic N) is 2. The van der Waals surface area contributed by atoms with Gasteiger partial charge >= 0.3 is 6.03 Å². The third-order valence-corrected chi connectivity index (χ3v) is 7.79. The van der Waals surface area contributed by atoms with Crippen molar-refractivity contribution in [3.63, 3.8) is 0 Å². The zero-order chi connectivity index (χ0) is 28.4. The first kappa shape index (κ1) is 31.2. The molecule has 1 saturated carbocycles. The first-order valence-corrected chi connectivity index (χ1v) is 14.7. The van der Waals surface area contributed by atoms with Crippen LogP contribution in [0.3, 0.4) is 0 Å². The Hall–Kier alpha value is -2.36. The van der Waals surface area contributed by atoms with Gasteiger partial charge in [0.25, 0.3) is 5.91 Å². The molecular formula is C30H50N4O5. The molecule has 1 aromatic rings. The summed E-state index contributed by atoms with van der Waals surface area (Å²) in [5.41, 5.74) is 0.915. The molecule has 9 heteroatoms. The van der Waals surface area contributed by atoms with Crippen LogP contribution in [0.1, 0.15) is 82.5 Å². The van der Waals surface area contributed by atoms with Gasteiger partial charge in [-0.1, -0.05) is 26.2 Å². The quantitative estimate of drug-likeness (QED) is 0.486. The largest absolute Gasteiger partial charge is 0.490 e. The molecular weight excluding hydrogens is 496 g/mol. The van der Waals surface area contributed by atoms with Crippen LogP contribution in [-0.4, -0.2) is 91.5 Å². The number of carbonyl (C=O) groups excluding carboxylic acids is 2. The lowest BCUT2D eigenvalue weighted by molar-refractivity contribution is -0.0137. The number of fused-ring (bicyclic) bond motifs is 1. The van der Waals surface area contributed by atoms with E-state index < -0.39 is 6.04 Å². The highest BCUT2D eigenvalue weighted by Gasteiger charge is 2.30. The normalized spacial score (nSPS) is 24.8. The van der Waals surface area contributed by atoms with Gasteiger partial charge in [-0.15, -0.1) is 0 Å². The Morgan fingerprint density at radius 3 is 2.54 bits per heavy atom. The van der Waals surface area contributed by atoms with Crippen LogP contribution in [0.25, 0.3) is 0 Å². The summed E-state index contributed by atoms with van der Waals surface area (Å²) in [6.45, 7) is 7.62. The summed E-state index contributed by atoms with van der Waals surface area (Å²) in [6, 6.07) is 4.78. The average molecular weight is 547 g/mol. The van der Waals surface area contributed by atoms with Crippen molar-refractivity contribution in [2.45, 2.75) is 96.4 Å². The minimum absolute atomic E-state index is 0.0409. The molecule has 0 unspecified atom stereocenters. The van der Waals surface area contributed by atoms with Crippen molar-refractivity contribution in [1.29, 1.82) is 0 Å². The molecule has 0 saturated heterocycles. The van der Waals surface area contributed by atoms with Crippen molar-refractivity contribution in [2.75, 3.05) is 45.7 Å². The van der Waals surface area contributed by atoms with E-state index in [-0.39, 0.29) is 42.7 Å². The molecule has 9 nitrogen and oxygen atoms in total. The number of hydrogen-bond donors (Lipinski definition) is 3. The molecule has 0 spiro atoms. The molecule has 3 rings (SSSR count). The van der Waals surface area contributed by atoms with E-state index in [2.05, 4.69) is 22.5 Å². The highest BCUT2D eigenvalue weighted by molar-refractivity contribution is 5.99. The van der Waals surface area contributed by atoms with Gasteiger partial charge < -0.3 is 35.0 Å². The van der Waals surface area contributed by atoms with Gasteiger partial charge in [-0.25, -0.2) is 4.79 Å². The van der Waals surface area contributed by atoms with Crippen molar-refractivity contribution in [2.24, 2.45) is 5.92 Å². The maximum atomic E-state index is 14.1. The summed E-state index contributed by atoms with van der Waals surface area (Å²) in [6.07, 6.45) is 8.06. The van der Waals surface area contributed by atoms with Gasteiger partial charge in [0, 0.05) is 37.3 Å². The van der Waals surface area contributed by atoms with E-state index in [1.807, 2.05) is 27.9 Å². The molecule has 220 valence electrons. The third kappa shape index (κ3) is 9.65. The molecule has 1 fully saturated rings. The summed E-state index contributed by atoms with van der Waals surface area (Å²) < 4.78 is 12.6. The summed E-state index contributed by atoms with van der Waals surface area (Å²) in [7, 11) is 4.05. The maximum absolute atomic E-state index is 14.1. The molecule has 2 aliphatic rings. The van der Waals surface area contributed by atoms with Crippen molar-refractivity contribution < 1.29 is 24.2 Å². The second-order valence-corrected chi connectivity index (χ2v) is 11.7. The lowest BCUT2D eigenvalue weighted by Crippen LogP contribution is -2.47.